The van der Waals surface area contributed by atoms with Crippen molar-refractivity contribution in [1.82, 2.24) is 15.5 Å². The smallest absolute Gasteiger partial charge is 0.253 e. The number of amides is 1. The lowest BCUT2D eigenvalue weighted by atomic mass is 10.1. The second kappa shape index (κ2) is 9.96. The molecule has 0 bridgehead atoms. The Morgan fingerprint density at radius 1 is 1.00 bits per heavy atom. The molecule has 6 nitrogen and oxygen atoms in total. The summed E-state index contributed by atoms with van der Waals surface area (Å²) in [5, 5.41) is 7.74. The van der Waals surface area contributed by atoms with Crippen molar-refractivity contribution >= 4 is 22.8 Å². The minimum absolute atomic E-state index is 0.0678. The molecule has 3 rings (SSSR count). The first-order valence-electron chi connectivity index (χ1n) is 10.4. The Morgan fingerprint density at radius 3 is 2.30 bits per heavy atom. The van der Waals surface area contributed by atoms with Gasteiger partial charge < -0.3 is 20.0 Å². The highest BCUT2D eigenvalue weighted by molar-refractivity contribution is 5.94. The van der Waals surface area contributed by atoms with Crippen LogP contribution in [0.4, 0.5) is 0 Å². The second-order valence-electron chi connectivity index (χ2n) is 7.10. The summed E-state index contributed by atoms with van der Waals surface area (Å²) >= 11 is 0. The van der Waals surface area contributed by atoms with Crippen LogP contribution < -0.4 is 10.6 Å². The molecule has 0 spiro atoms. The first-order valence-corrected chi connectivity index (χ1v) is 10.4. The van der Waals surface area contributed by atoms with Crippen molar-refractivity contribution in [3.63, 3.8) is 0 Å². The first-order chi connectivity index (χ1) is 14.6. The van der Waals surface area contributed by atoms with Crippen LogP contribution in [0, 0.1) is 6.92 Å². The summed E-state index contributed by atoms with van der Waals surface area (Å²) in [6.45, 7) is 8.64. The van der Waals surface area contributed by atoms with Gasteiger partial charge in [-0.25, -0.2) is 0 Å². The van der Waals surface area contributed by atoms with Gasteiger partial charge >= 0.3 is 0 Å². The third-order valence-corrected chi connectivity index (χ3v) is 5.29. The summed E-state index contributed by atoms with van der Waals surface area (Å²) in [5.41, 5.74) is 3.83. The van der Waals surface area contributed by atoms with E-state index in [2.05, 4.69) is 28.6 Å². The number of furan rings is 1. The number of hydrogen-bond acceptors (Lipinski definition) is 3. The minimum Gasteiger partial charge on any atom is -0.459 e. The van der Waals surface area contributed by atoms with Gasteiger partial charge in [0.05, 0.1) is 6.54 Å². The predicted octanol–water partition coefficient (Wildman–Crippen LogP) is 4.09. The van der Waals surface area contributed by atoms with E-state index in [1.54, 1.807) is 7.05 Å². The van der Waals surface area contributed by atoms with Crippen LogP contribution in [0.2, 0.25) is 0 Å². The van der Waals surface area contributed by atoms with Crippen LogP contribution in [0.15, 0.2) is 57.9 Å². The molecule has 0 aliphatic heterocycles. The highest BCUT2D eigenvalue weighted by Gasteiger charge is 2.12. The molecule has 0 atom stereocenters. The van der Waals surface area contributed by atoms with Gasteiger partial charge in [0.1, 0.15) is 11.3 Å². The van der Waals surface area contributed by atoms with Crippen LogP contribution in [-0.4, -0.2) is 36.9 Å². The minimum atomic E-state index is 0.0678. The zero-order chi connectivity index (χ0) is 21.5. The molecule has 158 valence electrons. The molecule has 0 saturated carbocycles. The van der Waals surface area contributed by atoms with Gasteiger partial charge in [-0.2, -0.15) is 0 Å². The molecular weight excluding hydrogens is 376 g/mol. The van der Waals surface area contributed by atoms with Crippen LogP contribution in [0.3, 0.4) is 0 Å². The van der Waals surface area contributed by atoms with Gasteiger partial charge in [0.25, 0.3) is 5.91 Å². The van der Waals surface area contributed by atoms with E-state index in [-0.39, 0.29) is 5.91 Å². The Kier molecular flexibility index (Phi) is 7.12. The van der Waals surface area contributed by atoms with Crippen LogP contribution in [-0.2, 0) is 13.1 Å². The summed E-state index contributed by atoms with van der Waals surface area (Å²) < 4.78 is 5.95. The number of para-hydroxylation sites is 1. The molecule has 1 aromatic heterocycles. The number of aliphatic imine (C=N–C) groups is 1. The number of rotatable bonds is 7. The number of benzene rings is 2. The van der Waals surface area contributed by atoms with E-state index < -0.39 is 0 Å². The Bertz CT molecular complexity index is 1020. The van der Waals surface area contributed by atoms with Crippen LogP contribution >= 0.6 is 0 Å². The molecule has 30 heavy (non-hydrogen) atoms. The van der Waals surface area contributed by atoms with Crippen molar-refractivity contribution in [2.75, 3.05) is 20.1 Å². The summed E-state index contributed by atoms with van der Waals surface area (Å²) in [6.07, 6.45) is 0. The van der Waals surface area contributed by atoms with E-state index in [0.717, 1.165) is 27.9 Å². The fourth-order valence-corrected chi connectivity index (χ4v) is 3.42. The third kappa shape index (κ3) is 4.82. The van der Waals surface area contributed by atoms with Gasteiger partial charge in [0.2, 0.25) is 0 Å². The van der Waals surface area contributed by atoms with Crippen LogP contribution in [0.1, 0.15) is 41.1 Å². The SMILES string of the molecule is CCN(CC)C(=O)c1ccc(CNC(=NC)NCc2oc3ccccc3c2C)cc1. The van der Waals surface area contributed by atoms with Gasteiger partial charge in [0.15, 0.2) is 5.96 Å². The number of carbonyl (C=O) groups is 1. The van der Waals surface area contributed by atoms with Gasteiger partial charge in [-0.05, 0) is 44.5 Å². The summed E-state index contributed by atoms with van der Waals surface area (Å²) in [7, 11) is 1.74. The third-order valence-electron chi connectivity index (χ3n) is 5.29. The molecule has 0 unspecified atom stereocenters. The molecule has 0 aliphatic carbocycles. The van der Waals surface area contributed by atoms with Crippen molar-refractivity contribution in [2.24, 2.45) is 4.99 Å². The lowest BCUT2D eigenvalue weighted by molar-refractivity contribution is 0.0773. The lowest BCUT2D eigenvalue weighted by Crippen LogP contribution is -2.36. The molecular formula is C24H30N4O2. The molecule has 0 saturated heterocycles. The van der Waals surface area contributed by atoms with Gasteiger partial charge in [0, 0.05) is 43.2 Å². The topological polar surface area (TPSA) is 69.9 Å². The van der Waals surface area contributed by atoms with Crippen molar-refractivity contribution in [3.05, 3.63) is 71.0 Å². The predicted molar refractivity (Wildman–Crippen MR) is 122 cm³/mol. The van der Waals surface area contributed by atoms with Gasteiger partial charge in [-0.3, -0.25) is 9.79 Å². The number of aryl methyl sites for hydroxylation is 1. The Labute approximate surface area is 178 Å². The summed E-state index contributed by atoms with van der Waals surface area (Å²) in [5.74, 6) is 1.66. The summed E-state index contributed by atoms with van der Waals surface area (Å²) in [4.78, 5) is 18.5. The second-order valence-corrected chi connectivity index (χ2v) is 7.10. The van der Waals surface area contributed by atoms with Crippen molar-refractivity contribution in [1.29, 1.82) is 0 Å². The normalized spacial score (nSPS) is 11.5. The van der Waals surface area contributed by atoms with E-state index in [0.29, 0.717) is 37.7 Å². The molecule has 0 aliphatic rings. The number of carbonyl (C=O) groups excluding carboxylic acids is 1. The molecule has 2 N–H and O–H groups in total. The average Bonchev–Trinajstić information content (AvgIpc) is 3.11. The summed E-state index contributed by atoms with van der Waals surface area (Å²) in [6, 6.07) is 15.7. The molecule has 3 aromatic rings. The standard InChI is InChI=1S/C24H30N4O2/c1-5-28(6-2)23(29)19-13-11-18(12-14-19)15-26-24(25-4)27-16-22-17(3)20-9-7-8-10-21(20)30-22/h7-14H,5-6,15-16H2,1-4H3,(H2,25,26,27). The molecule has 6 heteroatoms. The van der Waals surface area contributed by atoms with E-state index >= 15 is 0 Å². The Morgan fingerprint density at radius 2 is 1.67 bits per heavy atom. The van der Waals surface area contributed by atoms with Crippen molar-refractivity contribution in [3.8, 4) is 0 Å². The fourth-order valence-electron chi connectivity index (χ4n) is 3.42. The average molecular weight is 407 g/mol. The number of guanidine groups is 1. The fraction of sp³-hybridized carbons (Fsp3) is 0.333. The van der Waals surface area contributed by atoms with E-state index in [1.807, 2.05) is 61.2 Å². The maximum Gasteiger partial charge on any atom is 0.253 e. The quantitative estimate of drug-likeness (QED) is 0.458. The molecule has 0 fully saturated rings. The maximum absolute atomic E-state index is 12.4. The number of nitrogens with one attached hydrogen (secondary N) is 2. The molecule has 2 aromatic carbocycles. The van der Waals surface area contributed by atoms with Crippen LogP contribution in [0.25, 0.3) is 11.0 Å². The lowest BCUT2D eigenvalue weighted by Gasteiger charge is -2.18. The highest BCUT2D eigenvalue weighted by atomic mass is 16.3. The Balaban J connectivity index is 1.56. The molecule has 0 radical (unpaired) electrons. The van der Waals surface area contributed by atoms with Crippen molar-refractivity contribution in [2.45, 2.75) is 33.9 Å². The van der Waals surface area contributed by atoms with E-state index in [9.17, 15) is 4.79 Å². The highest BCUT2D eigenvalue weighted by Crippen LogP contribution is 2.24. The number of nitrogens with zero attached hydrogens (tertiary/aromatic N) is 2. The maximum atomic E-state index is 12.4. The molecule has 1 heterocycles. The first kappa shape index (κ1) is 21.4. The molecule has 1 amide bonds. The van der Waals surface area contributed by atoms with Crippen LogP contribution in [0.5, 0.6) is 0 Å². The van der Waals surface area contributed by atoms with E-state index in [1.165, 1.54) is 0 Å². The van der Waals surface area contributed by atoms with Crippen molar-refractivity contribution < 1.29 is 9.21 Å². The number of hydrogen-bond donors (Lipinski definition) is 2. The largest absolute Gasteiger partial charge is 0.459 e. The zero-order valence-electron chi connectivity index (χ0n) is 18.2. The number of fused-ring (bicyclic) bond motifs is 1. The van der Waals surface area contributed by atoms with Gasteiger partial charge in [-0.15, -0.1) is 0 Å². The Hall–Kier alpha value is -3.28. The van der Waals surface area contributed by atoms with Gasteiger partial charge in [-0.1, -0.05) is 30.3 Å². The monoisotopic (exact) mass is 406 g/mol. The zero-order valence-corrected chi connectivity index (χ0v) is 18.2. The van der Waals surface area contributed by atoms with E-state index in [4.69, 9.17) is 4.42 Å².